The van der Waals surface area contributed by atoms with Gasteiger partial charge in [-0.2, -0.15) is 4.31 Å². The van der Waals surface area contributed by atoms with Crippen molar-refractivity contribution >= 4 is 32.6 Å². The van der Waals surface area contributed by atoms with Crippen LogP contribution in [0.5, 0.6) is 0 Å². The van der Waals surface area contributed by atoms with E-state index in [0.717, 1.165) is 23.2 Å². The standard InChI is InChI=1S/C16H18IN3O2S/c17-15-1-3-16(4-2-15)23(21,22)20-11-9-19(10-12-20)13-14-5-7-18-8-6-14/h1-8H,9-13H2. The number of halogens is 1. The van der Waals surface area contributed by atoms with Crippen molar-refractivity contribution in [3.8, 4) is 0 Å². The maximum absolute atomic E-state index is 12.7. The number of benzene rings is 1. The van der Waals surface area contributed by atoms with Crippen molar-refractivity contribution in [3.05, 3.63) is 57.9 Å². The summed E-state index contributed by atoms with van der Waals surface area (Å²) in [6.07, 6.45) is 3.57. The Bertz CT molecular complexity index is 743. The highest BCUT2D eigenvalue weighted by atomic mass is 127. The van der Waals surface area contributed by atoms with Crippen LogP contribution in [-0.4, -0.2) is 48.8 Å². The molecule has 5 nitrogen and oxygen atoms in total. The van der Waals surface area contributed by atoms with E-state index in [9.17, 15) is 8.42 Å². The molecule has 7 heteroatoms. The van der Waals surface area contributed by atoms with Crippen molar-refractivity contribution in [1.82, 2.24) is 14.2 Å². The molecule has 0 atom stereocenters. The van der Waals surface area contributed by atoms with Crippen LogP contribution in [0.15, 0.2) is 53.7 Å². The number of hydrogen-bond acceptors (Lipinski definition) is 4. The normalized spacial score (nSPS) is 17.3. The molecule has 0 saturated carbocycles. The number of piperazine rings is 1. The Hall–Kier alpha value is -1.03. The first-order valence-electron chi connectivity index (χ1n) is 7.43. The molecule has 2 heterocycles. The lowest BCUT2D eigenvalue weighted by molar-refractivity contribution is 0.181. The molecule has 122 valence electrons. The van der Waals surface area contributed by atoms with Crippen LogP contribution in [0.3, 0.4) is 0 Å². The van der Waals surface area contributed by atoms with Gasteiger partial charge in [0.2, 0.25) is 10.0 Å². The van der Waals surface area contributed by atoms with E-state index in [-0.39, 0.29) is 0 Å². The lowest BCUT2D eigenvalue weighted by Gasteiger charge is -2.34. The van der Waals surface area contributed by atoms with Crippen molar-refractivity contribution in [2.24, 2.45) is 0 Å². The summed E-state index contributed by atoms with van der Waals surface area (Å²) in [5.74, 6) is 0. The molecule has 0 aliphatic carbocycles. The van der Waals surface area contributed by atoms with Gasteiger partial charge in [-0.05, 0) is 64.6 Å². The Morgan fingerprint density at radius 3 is 2.17 bits per heavy atom. The molecule has 1 aliphatic rings. The van der Waals surface area contributed by atoms with E-state index < -0.39 is 10.0 Å². The fraction of sp³-hybridized carbons (Fsp3) is 0.312. The van der Waals surface area contributed by atoms with E-state index in [2.05, 4.69) is 32.5 Å². The maximum atomic E-state index is 12.7. The van der Waals surface area contributed by atoms with Crippen molar-refractivity contribution in [2.75, 3.05) is 26.2 Å². The fourth-order valence-corrected chi connectivity index (χ4v) is 4.41. The summed E-state index contributed by atoms with van der Waals surface area (Å²) in [5.41, 5.74) is 1.20. The summed E-state index contributed by atoms with van der Waals surface area (Å²) in [4.78, 5) is 6.66. The molecule has 1 fully saturated rings. The zero-order valence-corrected chi connectivity index (χ0v) is 15.6. The first-order valence-corrected chi connectivity index (χ1v) is 9.94. The van der Waals surface area contributed by atoms with Crippen LogP contribution in [0.25, 0.3) is 0 Å². The van der Waals surface area contributed by atoms with E-state index in [1.807, 2.05) is 24.3 Å². The van der Waals surface area contributed by atoms with Crippen molar-refractivity contribution in [2.45, 2.75) is 11.4 Å². The van der Waals surface area contributed by atoms with Gasteiger partial charge in [-0.15, -0.1) is 0 Å². The highest BCUT2D eigenvalue weighted by Gasteiger charge is 2.28. The summed E-state index contributed by atoms with van der Waals surface area (Å²) in [7, 11) is -3.38. The molecule has 0 bridgehead atoms. The van der Waals surface area contributed by atoms with Crippen LogP contribution in [0.4, 0.5) is 0 Å². The molecule has 0 N–H and O–H groups in total. The smallest absolute Gasteiger partial charge is 0.243 e. The molecule has 1 aliphatic heterocycles. The van der Waals surface area contributed by atoms with Crippen LogP contribution >= 0.6 is 22.6 Å². The lowest BCUT2D eigenvalue weighted by Crippen LogP contribution is -2.48. The minimum Gasteiger partial charge on any atom is -0.296 e. The van der Waals surface area contributed by atoms with Crippen LogP contribution < -0.4 is 0 Å². The van der Waals surface area contributed by atoms with Crippen LogP contribution in [-0.2, 0) is 16.6 Å². The average molecular weight is 443 g/mol. The van der Waals surface area contributed by atoms with Gasteiger partial charge in [0.25, 0.3) is 0 Å². The molecular weight excluding hydrogens is 425 g/mol. The lowest BCUT2D eigenvalue weighted by atomic mass is 10.2. The summed E-state index contributed by atoms with van der Waals surface area (Å²) >= 11 is 2.17. The maximum Gasteiger partial charge on any atom is 0.243 e. The fourth-order valence-electron chi connectivity index (χ4n) is 2.63. The third-order valence-electron chi connectivity index (χ3n) is 3.94. The van der Waals surface area contributed by atoms with Crippen LogP contribution in [0.2, 0.25) is 0 Å². The topological polar surface area (TPSA) is 53.5 Å². The van der Waals surface area contributed by atoms with Gasteiger partial charge in [-0.3, -0.25) is 9.88 Å². The van der Waals surface area contributed by atoms with Crippen LogP contribution in [0.1, 0.15) is 5.56 Å². The molecule has 23 heavy (non-hydrogen) atoms. The number of aromatic nitrogens is 1. The van der Waals surface area contributed by atoms with Gasteiger partial charge in [0.05, 0.1) is 4.90 Å². The number of rotatable bonds is 4. The molecule has 0 amide bonds. The second-order valence-corrected chi connectivity index (χ2v) is 8.67. The third-order valence-corrected chi connectivity index (χ3v) is 6.57. The van der Waals surface area contributed by atoms with E-state index in [1.54, 1.807) is 28.8 Å². The van der Waals surface area contributed by atoms with Gasteiger partial charge in [-0.25, -0.2) is 8.42 Å². The predicted octanol–water partition coefficient (Wildman–Crippen LogP) is 2.19. The first kappa shape index (κ1) is 16.8. The largest absolute Gasteiger partial charge is 0.296 e. The second-order valence-electron chi connectivity index (χ2n) is 5.49. The van der Waals surface area contributed by atoms with Crippen molar-refractivity contribution in [3.63, 3.8) is 0 Å². The van der Waals surface area contributed by atoms with E-state index in [4.69, 9.17) is 0 Å². The molecular formula is C16H18IN3O2S. The summed E-state index contributed by atoms with van der Waals surface area (Å²) in [6.45, 7) is 3.37. The van der Waals surface area contributed by atoms with Crippen LogP contribution in [0, 0.1) is 3.57 Å². The zero-order valence-electron chi connectivity index (χ0n) is 12.6. The Morgan fingerprint density at radius 2 is 1.57 bits per heavy atom. The minimum absolute atomic E-state index is 0.375. The number of hydrogen-bond donors (Lipinski definition) is 0. The quantitative estimate of drug-likeness (QED) is 0.681. The molecule has 3 rings (SSSR count). The van der Waals surface area contributed by atoms with E-state index in [0.29, 0.717) is 18.0 Å². The highest BCUT2D eigenvalue weighted by Crippen LogP contribution is 2.19. The van der Waals surface area contributed by atoms with Gasteiger partial charge < -0.3 is 0 Å². The Morgan fingerprint density at radius 1 is 0.957 bits per heavy atom. The molecule has 0 unspecified atom stereocenters. The van der Waals surface area contributed by atoms with Gasteiger partial charge in [0.15, 0.2) is 0 Å². The summed E-state index contributed by atoms with van der Waals surface area (Å²) in [6, 6.07) is 11.0. The summed E-state index contributed by atoms with van der Waals surface area (Å²) in [5, 5.41) is 0. The molecule has 1 aromatic heterocycles. The summed E-state index contributed by atoms with van der Waals surface area (Å²) < 4.78 is 27.9. The molecule has 0 radical (unpaired) electrons. The third kappa shape index (κ3) is 4.09. The number of nitrogens with zero attached hydrogens (tertiary/aromatic N) is 3. The van der Waals surface area contributed by atoms with Crippen molar-refractivity contribution in [1.29, 1.82) is 0 Å². The van der Waals surface area contributed by atoms with E-state index >= 15 is 0 Å². The monoisotopic (exact) mass is 443 g/mol. The zero-order chi connectivity index (χ0) is 16.3. The predicted molar refractivity (Wildman–Crippen MR) is 97.4 cm³/mol. The minimum atomic E-state index is -3.38. The Labute approximate surface area is 150 Å². The first-order chi connectivity index (χ1) is 11.1. The van der Waals surface area contributed by atoms with Crippen molar-refractivity contribution < 1.29 is 8.42 Å². The van der Waals surface area contributed by atoms with Gasteiger partial charge in [-0.1, -0.05) is 0 Å². The molecule has 2 aromatic rings. The number of pyridine rings is 1. The van der Waals surface area contributed by atoms with Gasteiger partial charge in [0, 0.05) is 48.7 Å². The number of sulfonamides is 1. The highest BCUT2D eigenvalue weighted by molar-refractivity contribution is 14.1. The van der Waals surface area contributed by atoms with Gasteiger partial charge >= 0.3 is 0 Å². The SMILES string of the molecule is O=S(=O)(c1ccc(I)cc1)N1CCN(Cc2ccncc2)CC1. The Kier molecular flexibility index (Phi) is 5.30. The Balaban J connectivity index is 1.63. The average Bonchev–Trinajstić information content (AvgIpc) is 2.57. The van der Waals surface area contributed by atoms with E-state index in [1.165, 1.54) is 5.56 Å². The molecule has 0 spiro atoms. The molecule has 1 saturated heterocycles. The molecule has 1 aromatic carbocycles. The second kappa shape index (κ2) is 7.25. The van der Waals surface area contributed by atoms with Gasteiger partial charge in [0.1, 0.15) is 0 Å².